The minimum absolute atomic E-state index is 0.00549. The second-order valence-electron chi connectivity index (χ2n) is 22.5. The van der Waals surface area contributed by atoms with E-state index in [9.17, 15) is 0 Å². The Balaban J connectivity index is 0.00000308. The van der Waals surface area contributed by atoms with Crippen molar-refractivity contribution in [1.82, 2.24) is 0 Å². The molecule has 4 aromatic carbocycles. The SMILES string of the molecule is O=S=P.[3H]CC1OC(OC2C(OCC3OC(OCCCC=C)C(OCc4ccccc4)C(C)C3C)OC(COCc3ccccc3)C(C)C2C)C(OC2OC(COCc3ccccc3)C(C)C(C)C2OCc2ccccc2)C(C)C1C. The number of ether oxygens (including phenoxy) is 12. The molecule has 0 saturated carbocycles. The first-order chi connectivity index (χ1) is 39.3. The molecule has 440 valence electrons. The predicted molar refractivity (Wildman–Crippen MR) is 313 cm³/mol. The summed E-state index contributed by atoms with van der Waals surface area (Å²) in [6.07, 6.45) is -2.90. The van der Waals surface area contributed by atoms with Gasteiger partial charge in [-0.3, -0.25) is 0 Å². The maximum atomic E-state index is 8.76. The molecule has 0 aromatic heterocycles. The molecule has 20 unspecified atom stereocenters. The van der Waals surface area contributed by atoms with Crippen molar-refractivity contribution in [2.24, 2.45) is 47.3 Å². The summed E-state index contributed by atoms with van der Waals surface area (Å²) in [4.78, 5) is 0. The number of allylic oxidation sites excluding steroid dienone is 1. The molecule has 0 amide bonds. The molecule has 15 heteroatoms. The fourth-order valence-electron chi connectivity index (χ4n) is 11.1. The van der Waals surface area contributed by atoms with Crippen LogP contribution in [0.5, 0.6) is 0 Å². The highest BCUT2D eigenvalue weighted by Crippen LogP contribution is 2.43. The molecule has 4 aliphatic heterocycles. The molecule has 0 N–H and O–H groups in total. The van der Waals surface area contributed by atoms with Crippen LogP contribution in [-0.4, -0.2) is 105 Å². The van der Waals surface area contributed by atoms with Crippen LogP contribution in [0.3, 0.4) is 0 Å². The lowest BCUT2D eigenvalue weighted by Crippen LogP contribution is -2.60. The molecule has 0 spiro atoms. The molecular weight excluding hydrogens is 1050 g/mol. The van der Waals surface area contributed by atoms with Crippen LogP contribution in [-0.2, 0) is 94.1 Å². The van der Waals surface area contributed by atoms with E-state index in [1.807, 2.05) is 78.9 Å². The van der Waals surface area contributed by atoms with Crippen LogP contribution >= 0.6 is 8.02 Å². The van der Waals surface area contributed by atoms with Gasteiger partial charge in [-0.1, -0.05) is 183 Å². The van der Waals surface area contributed by atoms with E-state index >= 15 is 0 Å². The van der Waals surface area contributed by atoms with E-state index in [0.29, 0.717) is 57.1 Å². The topological polar surface area (TPSA) is 128 Å². The fraction of sp³-hybridized carbons (Fsp3) is 0.600. The lowest BCUT2D eigenvalue weighted by atomic mass is 9.82. The molecule has 8 rings (SSSR count). The quantitative estimate of drug-likeness (QED) is 0.0336. The van der Waals surface area contributed by atoms with Gasteiger partial charge in [0, 0.05) is 1.37 Å². The van der Waals surface area contributed by atoms with Gasteiger partial charge >= 0.3 is 0 Å². The van der Waals surface area contributed by atoms with Crippen LogP contribution in [0.1, 0.15) is 98.8 Å². The van der Waals surface area contributed by atoms with Crippen LogP contribution in [0, 0.1) is 47.3 Å². The number of unbranched alkanes of at least 4 members (excludes halogenated alkanes) is 1. The molecule has 0 aliphatic carbocycles. The summed E-state index contributed by atoms with van der Waals surface area (Å²) in [6, 6.07) is 40.8. The zero-order valence-electron chi connectivity index (χ0n) is 49.4. The standard InChI is InChI=1S/C65H90O12.HOPS/c1-11-12-25-34-68-62-58(69-37-53-30-21-15-22-31-53)47(7)44(4)57(74-62)41-71-63-60(49(9)45(5)55(73-63)39-66-35-51-26-17-13-18-27-51)76-65-61(46(6)42(2)50(10)72-65)77-64-59(70-38-54-32-23-16-24-33-54)48(8)43(3)56(75-64)40-67-36-52-28-19-14-20-29-52;1-3-2/h11,13-24,26-33,42-50,55-65H,1,12,25,34-41H2,2-10H3;2H/i10T;. The van der Waals surface area contributed by atoms with Crippen molar-refractivity contribution in [2.75, 3.05) is 26.4 Å². The van der Waals surface area contributed by atoms with E-state index in [-0.39, 0.29) is 85.3 Å². The van der Waals surface area contributed by atoms with E-state index in [0.717, 1.165) is 35.1 Å². The first-order valence-corrected chi connectivity index (χ1v) is 30.9. The van der Waals surface area contributed by atoms with E-state index in [4.69, 9.17) is 62.4 Å². The Labute approximate surface area is 484 Å². The van der Waals surface area contributed by atoms with E-state index < -0.39 is 49.6 Å². The summed E-state index contributed by atoms with van der Waals surface area (Å²) in [5, 5.41) is 0. The minimum Gasteiger partial charge on any atom is -0.374 e. The van der Waals surface area contributed by atoms with Crippen molar-refractivity contribution in [3.05, 3.63) is 156 Å². The lowest BCUT2D eigenvalue weighted by Gasteiger charge is -2.51. The molecular formula is C65H91O13PS. The van der Waals surface area contributed by atoms with Crippen LogP contribution in [0.4, 0.5) is 0 Å². The smallest absolute Gasteiger partial charge is 0.185 e. The van der Waals surface area contributed by atoms with Crippen LogP contribution in [0.15, 0.2) is 134 Å². The number of benzene rings is 4. The summed E-state index contributed by atoms with van der Waals surface area (Å²) in [6.45, 7) is 24.7. The Hall–Kier alpha value is -3.54. The monoisotopic (exact) mass is 1140 g/mol. The van der Waals surface area contributed by atoms with Gasteiger partial charge in [0.2, 0.25) is 0 Å². The third-order valence-corrected chi connectivity index (χ3v) is 17.2. The number of hydrogen-bond donors (Lipinski definition) is 0. The number of rotatable bonds is 26. The van der Waals surface area contributed by atoms with Crippen molar-refractivity contribution in [3.63, 3.8) is 0 Å². The molecule has 13 nitrogen and oxygen atoms in total. The largest absolute Gasteiger partial charge is 0.374 e. The van der Waals surface area contributed by atoms with Gasteiger partial charge in [-0.2, -0.15) is 0 Å². The van der Waals surface area contributed by atoms with Crippen molar-refractivity contribution in [3.8, 4) is 0 Å². The van der Waals surface area contributed by atoms with Gasteiger partial charge < -0.3 is 56.8 Å². The molecule has 0 bridgehead atoms. The molecule has 80 heavy (non-hydrogen) atoms. The molecule has 4 aliphatic rings. The van der Waals surface area contributed by atoms with Gasteiger partial charge in [-0.25, -0.2) is 4.21 Å². The summed E-state index contributed by atoms with van der Waals surface area (Å²) in [5.41, 5.74) is 4.34. The molecule has 0 radical (unpaired) electrons. The van der Waals surface area contributed by atoms with E-state index in [1.54, 1.807) is 0 Å². The van der Waals surface area contributed by atoms with Crippen LogP contribution in [0.2, 0.25) is 0 Å². The van der Waals surface area contributed by atoms with Gasteiger partial charge in [0.05, 0.1) is 77.3 Å². The fourth-order valence-corrected chi connectivity index (χ4v) is 11.1. The zero-order chi connectivity index (χ0) is 57.7. The molecule has 4 aromatic rings. The summed E-state index contributed by atoms with van der Waals surface area (Å²) in [7, 11) is 2.85. The Morgan fingerprint density at radius 1 is 0.475 bits per heavy atom. The van der Waals surface area contributed by atoms with E-state index in [1.165, 1.54) is 0 Å². The molecule has 4 fully saturated rings. The highest BCUT2D eigenvalue weighted by Gasteiger charge is 2.52. The van der Waals surface area contributed by atoms with E-state index in [2.05, 4.69) is 119 Å². The average Bonchev–Trinajstić information content (AvgIpc) is 3.63. The third-order valence-electron chi connectivity index (χ3n) is 17.2. The molecule has 4 heterocycles. The highest BCUT2D eigenvalue weighted by atomic mass is 32.4. The predicted octanol–water partition coefficient (Wildman–Crippen LogP) is 12.6. The normalized spacial score (nSPS) is 34.6. The van der Waals surface area contributed by atoms with Crippen molar-refractivity contribution in [1.29, 1.82) is 0 Å². The van der Waals surface area contributed by atoms with Crippen molar-refractivity contribution in [2.45, 2.75) is 176 Å². The highest BCUT2D eigenvalue weighted by molar-refractivity contribution is 7.93. The molecule has 4 saturated heterocycles. The summed E-state index contributed by atoms with van der Waals surface area (Å²) >= 11 is 0. The number of hydrogen-bond acceptors (Lipinski definition) is 13. The van der Waals surface area contributed by atoms with Gasteiger partial charge in [0.15, 0.2) is 25.2 Å². The second-order valence-corrected chi connectivity index (χ2v) is 23.2. The Kier molecular flexibility index (Phi) is 25.8. The first kappa shape index (κ1) is 62.5. The van der Waals surface area contributed by atoms with Gasteiger partial charge in [-0.05, 0) is 97.4 Å². The minimum atomic E-state index is -0.909. The van der Waals surface area contributed by atoms with Gasteiger partial charge in [0.1, 0.15) is 35.3 Å². The zero-order valence-corrected chi connectivity index (χ0v) is 50.2. The second kappa shape index (κ2) is 33.1. The lowest BCUT2D eigenvalue weighted by molar-refractivity contribution is -0.378. The van der Waals surface area contributed by atoms with Crippen LogP contribution in [0.25, 0.3) is 0 Å². The van der Waals surface area contributed by atoms with Gasteiger partial charge in [-0.15, -0.1) is 6.58 Å². The third kappa shape index (κ3) is 18.0. The van der Waals surface area contributed by atoms with Gasteiger partial charge in [0.25, 0.3) is 0 Å². The Bertz CT molecular complexity index is 2410. The van der Waals surface area contributed by atoms with Crippen molar-refractivity contribution < 1.29 is 62.4 Å². The Morgan fingerprint density at radius 2 is 0.838 bits per heavy atom. The maximum Gasteiger partial charge on any atom is 0.185 e. The van der Waals surface area contributed by atoms with Crippen molar-refractivity contribution >= 4 is 18.9 Å². The Morgan fingerprint density at radius 3 is 1.29 bits per heavy atom. The molecule has 20 atom stereocenters. The summed E-state index contributed by atoms with van der Waals surface area (Å²) < 4.78 is 99.7. The average molecular weight is 1150 g/mol. The van der Waals surface area contributed by atoms with Crippen LogP contribution < -0.4 is 0 Å². The summed E-state index contributed by atoms with van der Waals surface area (Å²) in [5.74, 6) is 0.00274. The maximum absolute atomic E-state index is 8.76. The first-order valence-electron chi connectivity index (χ1n) is 29.6.